The second-order valence-electron chi connectivity index (χ2n) is 7.54. The molecule has 3 aromatic rings. The van der Waals surface area contributed by atoms with Gasteiger partial charge in [0, 0.05) is 59.6 Å². The first kappa shape index (κ1) is 22.2. The number of amides is 2. The molecule has 2 aromatic carbocycles. The van der Waals surface area contributed by atoms with E-state index >= 15 is 0 Å². The monoisotopic (exact) mass is 471 g/mol. The molecule has 32 heavy (non-hydrogen) atoms. The lowest BCUT2D eigenvalue weighted by molar-refractivity contribution is -0.131. The number of carbonyl (C=O) groups excluding carboxylic acids is 2. The number of hydrogen-bond donors (Lipinski definition) is 1. The summed E-state index contributed by atoms with van der Waals surface area (Å²) in [7, 11) is 0. The number of hydrogen-bond acceptors (Lipinski definition) is 4. The van der Waals surface area contributed by atoms with E-state index < -0.39 is 0 Å². The van der Waals surface area contributed by atoms with E-state index in [1.807, 2.05) is 36.1 Å². The maximum absolute atomic E-state index is 12.6. The normalized spacial score (nSPS) is 13.8. The number of anilines is 2. The predicted octanol–water partition coefficient (Wildman–Crippen LogP) is 5.56. The van der Waals surface area contributed by atoms with Crippen molar-refractivity contribution in [1.29, 1.82) is 0 Å². The number of rotatable bonds is 5. The molecule has 1 saturated heterocycles. The third-order valence-electron chi connectivity index (χ3n) is 5.40. The number of halogens is 2. The van der Waals surface area contributed by atoms with Crippen LogP contribution >= 0.6 is 23.2 Å². The Bertz CT molecular complexity index is 1100. The predicted molar refractivity (Wildman–Crippen MR) is 128 cm³/mol. The molecule has 2 amide bonds. The molecular weight excluding hydrogens is 449 g/mol. The van der Waals surface area contributed by atoms with E-state index in [-0.39, 0.29) is 17.6 Å². The summed E-state index contributed by atoms with van der Waals surface area (Å²) in [5.41, 5.74) is 2.43. The van der Waals surface area contributed by atoms with Crippen LogP contribution in [0.3, 0.4) is 0 Å². The topological polar surface area (TPSA) is 65.8 Å². The van der Waals surface area contributed by atoms with Gasteiger partial charge >= 0.3 is 0 Å². The van der Waals surface area contributed by atoms with Crippen molar-refractivity contribution in [2.75, 3.05) is 36.4 Å². The molecule has 6 nitrogen and oxygen atoms in total. The van der Waals surface area contributed by atoms with E-state index in [1.54, 1.807) is 30.3 Å². The molecule has 0 aliphatic carbocycles. The summed E-state index contributed by atoms with van der Waals surface area (Å²) in [5, 5.41) is 3.84. The maximum Gasteiger partial charge on any atom is 0.291 e. The zero-order valence-electron chi connectivity index (χ0n) is 17.6. The quantitative estimate of drug-likeness (QED) is 0.528. The molecule has 1 fully saturated rings. The van der Waals surface area contributed by atoms with Crippen LogP contribution in [0.15, 0.2) is 59.0 Å². The van der Waals surface area contributed by atoms with Crippen LogP contribution in [0, 0.1) is 0 Å². The van der Waals surface area contributed by atoms with Gasteiger partial charge in [-0.3, -0.25) is 9.59 Å². The van der Waals surface area contributed by atoms with Gasteiger partial charge in [0.05, 0.1) is 0 Å². The Labute approximate surface area is 196 Å². The molecule has 8 heteroatoms. The fraction of sp³-hybridized carbons (Fsp3) is 0.250. The first-order valence-electron chi connectivity index (χ1n) is 10.4. The second kappa shape index (κ2) is 9.67. The van der Waals surface area contributed by atoms with Crippen LogP contribution in [0.2, 0.25) is 10.0 Å². The minimum Gasteiger partial charge on any atom is -0.451 e. The van der Waals surface area contributed by atoms with Gasteiger partial charge in [0.15, 0.2) is 5.76 Å². The van der Waals surface area contributed by atoms with Gasteiger partial charge in [-0.2, -0.15) is 0 Å². The molecule has 0 unspecified atom stereocenters. The van der Waals surface area contributed by atoms with Crippen LogP contribution in [0.25, 0.3) is 11.3 Å². The summed E-state index contributed by atoms with van der Waals surface area (Å²) in [6.07, 6.45) is 0.540. The van der Waals surface area contributed by atoms with Crippen molar-refractivity contribution < 1.29 is 14.0 Å². The van der Waals surface area contributed by atoms with Crippen molar-refractivity contribution >= 4 is 46.4 Å². The standard InChI is InChI=1S/C24H23Cl2N3O3/c1-2-23(30)29-11-9-28(10-12-29)20-5-3-19(4-6-20)27-24(31)22-8-7-21(32-22)16-13-17(25)15-18(26)14-16/h3-8,13-15H,2,9-12H2,1H3,(H,27,31). The minimum absolute atomic E-state index is 0.192. The number of piperazine rings is 1. The molecule has 4 rings (SSSR count). The van der Waals surface area contributed by atoms with E-state index in [9.17, 15) is 9.59 Å². The lowest BCUT2D eigenvalue weighted by atomic mass is 10.2. The first-order chi connectivity index (χ1) is 15.4. The van der Waals surface area contributed by atoms with Crippen molar-refractivity contribution in [3.8, 4) is 11.3 Å². The summed E-state index contributed by atoms with van der Waals surface area (Å²) in [5.74, 6) is 0.554. The van der Waals surface area contributed by atoms with E-state index in [4.69, 9.17) is 27.6 Å². The number of furan rings is 1. The third-order valence-corrected chi connectivity index (χ3v) is 5.84. The Balaban J connectivity index is 1.37. The second-order valence-corrected chi connectivity index (χ2v) is 8.42. The molecule has 1 aliphatic rings. The smallest absolute Gasteiger partial charge is 0.291 e. The summed E-state index contributed by atoms with van der Waals surface area (Å²) >= 11 is 12.1. The van der Waals surface area contributed by atoms with Gasteiger partial charge in [-0.1, -0.05) is 30.1 Å². The highest BCUT2D eigenvalue weighted by Gasteiger charge is 2.20. The molecule has 1 aliphatic heterocycles. The van der Waals surface area contributed by atoms with Crippen LogP contribution in [0.5, 0.6) is 0 Å². The Kier molecular flexibility index (Phi) is 6.72. The third kappa shape index (κ3) is 5.09. The van der Waals surface area contributed by atoms with Gasteiger partial charge in [0.2, 0.25) is 5.91 Å². The van der Waals surface area contributed by atoms with Crippen molar-refractivity contribution in [1.82, 2.24) is 4.90 Å². The molecule has 0 saturated carbocycles. The van der Waals surface area contributed by atoms with Crippen molar-refractivity contribution in [2.24, 2.45) is 0 Å². The van der Waals surface area contributed by atoms with Crippen molar-refractivity contribution in [2.45, 2.75) is 13.3 Å². The van der Waals surface area contributed by atoms with E-state index in [2.05, 4.69) is 10.2 Å². The van der Waals surface area contributed by atoms with E-state index in [1.165, 1.54) is 0 Å². The Morgan fingerprint density at radius 1 is 0.938 bits per heavy atom. The van der Waals surface area contributed by atoms with Crippen LogP contribution in [-0.4, -0.2) is 42.9 Å². The molecule has 0 spiro atoms. The van der Waals surface area contributed by atoms with Gasteiger partial charge < -0.3 is 19.5 Å². The molecule has 0 radical (unpaired) electrons. The highest BCUT2D eigenvalue weighted by Crippen LogP contribution is 2.29. The average molecular weight is 472 g/mol. The molecule has 0 atom stereocenters. The van der Waals surface area contributed by atoms with Gasteiger partial charge in [-0.05, 0) is 54.6 Å². The zero-order valence-corrected chi connectivity index (χ0v) is 19.1. The SMILES string of the molecule is CCC(=O)N1CCN(c2ccc(NC(=O)c3ccc(-c4cc(Cl)cc(Cl)c4)o3)cc2)CC1. The lowest BCUT2D eigenvalue weighted by Gasteiger charge is -2.36. The molecule has 1 aromatic heterocycles. The Morgan fingerprint density at radius 2 is 1.59 bits per heavy atom. The van der Waals surface area contributed by atoms with Crippen LogP contribution in [0.1, 0.15) is 23.9 Å². The van der Waals surface area contributed by atoms with Gasteiger partial charge in [-0.15, -0.1) is 0 Å². The molecule has 2 heterocycles. The fourth-order valence-electron chi connectivity index (χ4n) is 3.70. The van der Waals surface area contributed by atoms with Gasteiger partial charge in [-0.25, -0.2) is 0 Å². The Morgan fingerprint density at radius 3 is 2.22 bits per heavy atom. The summed E-state index contributed by atoms with van der Waals surface area (Å²) in [6.45, 7) is 4.92. The number of benzene rings is 2. The summed E-state index contributed by atoms with van der Waals surface area (Å²) in [6, 6.07) is 16.1. The van der Waals surface area contributed by atoms with Gasteiger partial charge in [0.25, 0.3) is 5.91 Å². The van der Waals surface area contributed by atoms with E-state index in [0.717, 1.165) is 31.9 Å². The average Bonchev–Trinajstić information content (AvgIpc) is 3.29. The van der Waals surface area contributed by atoms with Crippen LogP contribution in [0.4, 0.5) is 11.4 Å². The van der Waals surface area contributed by atoms with Crippen LogP contribution < -0.4 is 10.2 Å². The number of carbonyl (C=O) groups is 2. The number of nitrogens with one attached hydrogen (secondary N) is 1. The Hall–Kier alpha value is -2.96. The largest absolute Gasteiger partial charge is 0.451 e. The highest BCUT2D eigenvalue weighted by atomic mass is 35.5. The molecule has 0 bridgehead atoms. The fourth-order valence-corrected chi connectivity index (χ4v) is 4.22. The molecular formula is C24H23Cl2N3O3. The van der Waals surface area contributed by atoms with Crippen molar-refractivity contribution in [3.63, 3.8) is 0 Å². The summed E-state index contributed by atoms with van der Waals surface area (Å²) in [4.78, 5) is 28.6. The van der Waals surface area contributed by atoms with E-state index in [0.29, 0.717) is 33.5 Å². The summed E-state index contributed by atoms with van der Waals surface area (Å²) < 4.78 is 5.70. The number of nitrogens with zero attached hydrogens (tertiary/aromatic N) is 2. The molecule has 1 N–H and O–H groups in total. The first-order valence-corrected chi connectivity index (χ1v) is 11.2. The lowest BCUT2D eigenvalue weighted by Crippen LogP contribution is -2.48. The van der Waals surface area contributed by atoms with Crippen molar-refractivity contribution in [3.05, 3.63) is 70.4 Å². The van der Waals surface area contributed by atoms with Gasteiger partial charge in [0.1, 0.15) is 5.76 Å². The highest BCUT2D eigenvalue weighted by molar-refractivity contribution is 6.35. The van der Waals surface area contributed by atoms with Crippen LogP contribution in [-0.2, 0) is 4.79 Å². The maximum atomic E-state index is 12.6. The minimum atomic E-state index is -0.344. The molecule has 166 valence electrons. The zero-order chi connectivity index (χ0) is 22.7.